The molecule has 13 heavy (non-hydrogen) atoms. The third-order valence-corrected chi connectivity index (χ3v) is 3.68. The van der Waals surface area contributed by atoms with Gasteiger partial charge in [0.15, 0.2) is 0 Å². The van der Waals surface area contributed by atoms with E-state index in [0.717, 1.165) is 5.92 Å². The van der Waals surface area contributed by atoms with Crippen LogP contribution >= 0.6 is 8.25 Å². The number of unbranched alkanes of at least 4 members (excludes halogenated alkanes) is 1. The topological polar surface area (TPSA) is 57.5 Å². The van der Waals surface area contributed by atoms with Gasteiger partial charge in [0.1, 0.15) is 0 Å². The number of hydrogen-bond donors (Lipinski definition) is 2. The van der Waals surface area contributed by atoms with Crippen LogP contribution in [0.4, 0.5) is 0 Å². The molecule has 1 unspecified atom stereocenters. The van der Waals surface area contributed by atoms with E-state index in [-0.39, 0.29) is 0 Å². The molecule has 0 aliphatic carbocycles. The Morgan fingerprint density at radius 3 is 2.08 bits per heavy atom. The third kappa shape index (κ3) is 19.8. The molecule has 0 saturated heterocycles. The molecule has 0 heterocycles. The van der Waals surface area contributed by atoms with E-state index in [9.17, 15) is 0 Å². The summed E-state index contributed by atoms with van der Waals surface area (Å²) in [4.78, 5) is 14.3. The SMILES string of the molecule is CCCCC(CC)[CH2][Nd].O=[PH](O)O. The second-order valence-electron chi connectivity index (χ2n) is 2.90. The molecule has 0 amide bonds. The zero-order valence-corrected chi connectivity index (χ0v) is 12.6. The maximum Gasteiger partial charge on any atom is 0.314 e. The van der Waals surface area contributed by atoms with Crippen LogP contribution < -0.4 is 0 Å². The van der Waals surface area contributed by atoms with Crippen molar-refractivity contribution in [2.45, 2.75) is 41.6 Å². The maximum atomic E-state index is 8.74. The van der Waals surface area contributed by atoms with Gasteiger partial charge in [-0.2, -0.15) is 0 Å². The van der Waals surface area contributed by atoms with E-state index in [0.29, 0.717) is 0 Å². The summed E-state index contributed by atoms with van der Waals surface area (Å²) in [5.74, 6) is 1.07. The Morgan fingerprint density at radius 1 is 1.38 bits per heavy atom. The van der Waals surface area contributed by atoms with Crippen LogP contribution in [0.25, 0.3) is 0 Å². The van der Waals surface area contributed by atoms with Crippen LogP contribution in [-0.4, -0.2) is 9.79 Å². The molecule has 0 aromatic heterocycles. The summed E-state index contributed by atoms with van der Waals surface area (Å²) in [6, 6.07) is 0. The van der Waals surface area contributed by atoms with Crippen molar-refractivity contribution in [1.29, 1.82) is 0 Å². The minimum absolute atomic E-state index is 1.07. The van der Waals surface area contributed by atoms with E-state index in [1.807, 2.05) is 0 Å². The molecule has 0 aromatic rings. The fraction of sp³-hybridized carbons (Fsp3) is 1.00. The molecular formula is C8H20NdO3P. The Labute approximate surface area is 108 Å². The van der Waals surface area contributed by atoms with Crippen LogP contribution in [-0.2, 0) is 4.57 Å². The average molecular weight is 339 g/mol. The molecule has 0 fully saturated rings. The van der Waals surface area contributed by atoms with Gasteiger partial charge in [0, 0.05) is 0 Å². The van der Waals surface area contributed by atoms with Crippen LogP contribution in [0, 0.1) is 44.7 Å². The van der Waals surface area contributed by atoms with Gasteiger partial charge in [-0.05, 0) is 0 Å². The second kappa shape index (κ2) is 13.5. The summed E-state index contributed by atoms with van der Waals surface area (Å²) in [6.45, 7) is 4.60. The summed E-state index contributed by atoms with van der Waals surface area (Å²) in [5, 5.41) is 0. The Kier molecular flexibility index (Phi) is 17.6. The summed E-state index contributed by atoms with van der Waals surface area (Å²) >= 11 is 1.40. The Hall–Kier alpha value is 1.50. The van der Waals surface area contributed by atoms with Gasteiger partial charge >= 0.3 is 94.5 Å². The van der Waals surface area contributed by atoms with Gasteiger partial charge in [0.25, 0.3) is 0 Å². The van der Waals surface area contributed by atoms with Crippen molar-refractivity contribution in [3.63, 3.8) is 0 Å². The van der Waals surface area contributed by atoms with Crippen LogP contribution in [0.15, 0.2) is 0 Å². The quantitative estimate of drug-likeness (QED) is 0.757. The van der Waals surface area contributed by atoms with Crippen molar-refractivity contribution in [2.24, 2.45) is 5.92 Å². The van der Waals surface area contributed by atoms with Crippen molar-refractivity contribution >= 4 is 8.25 Å². The first-order valence-electron chi connectivity index (χ1n) is 4.64. The van der Waals surface area contributed by atoms with Crippen molar-refractivity contribution in [3.05, 3.63) is 0 Å². The molecule has 0 saturated carbocycles. The van der Waals surface area contributed by atoms with E-state index < -0.39 is 8.25 Å². The van der Waals surface area contributed by atoms with Crippen LogP contribution in [0.1, 0.15) is 39.5 Å². The van der Waals surface area contributed by atoms with Gasteiger partial charge in [0.05, 0.1) is 0 Å². The molecule has 0 aromatic carbocycles. The van der Waals surface area contributed by atoms with Gasteiger partial charge in [-0.25, -0.2) is 0 Å². The Balaban J connectivity index is 0. The van der Waals surface area contributed by atoms with E-state index in [4.69, 9.17) is 14.4 Å². The molecule has 0 aliphatic rings. The van der Waals surface area contributed by atoms with Gasteiger partial charge in [-0.15, -0.1) is 0 Å². The molecule has 1 atom stereocenters. The molecule has 5 heteroatoms. The number of hydrogen-bond acceptors (Lipinski definition) is 1. The largest absolute Gasteiger partial charge is 0.326 e. The maximum absolute atomic E-state index is 8.74. The zero-order chi connectivity index (χ0) is 10.7. The second-order valence-corrected chi connectivity index (χ2v) is 4.78. The first-order chi connectivity index (χ1) is 6.08. The van der Waals surface area contributed by atoms with Gasteiger partial charge < -0.3 is 9.79 Å². The van der Waals surface area contributed by atoms with E-state index in [2.05, 4.69) is 13.8 Å². The number of rotatable bonds is 5. The minimum Gasteiger partial charge on any atom is -0.326 e. The fourth-order valence-corrected chi connectivity index (χ4v) is 2.52. The molecule has 2 N–H and O–H groups in total. The molecule has 0 radical (unpaired) electrons. The van der Waals surface area contributed by atoms with Crippen LogP contribution in [0.5, 0.6) is 0 Å². The third-order valence-electron chi connectivity index (χ3n) is 1.83. The van der Waals surface area contributed by atoms with E-state index >= 15 is 0 Å². The Bertz CT molecular complexity index is 114. The monoisotopic (exact) mass is 337 g/mol. The molecular weight excluding hydrogens is 319 g/mol. The fourth-order valence-electron chi connectivity index (χ4n) is 0.943. The van der Waals surface area contributed by atoms with Crippen molar-refractivity contribution < 1.29 is 53.1 Å². The average Bonchev–Trinajstić information content (AvgIpc) is 2.06. The smallest absolute Gasteiger partial charge is 0.314 e. The van der Waals surface area contributed by atoms with Gasteiger partial charge in [-0.1, -0.05) is 0 Å². The van der Waals surface area contributed by atoms with Crippen molar-refractivity contribution in [1.82, 2.24) is 0 Å². The van der Waals surface area contributed by atoms with E-state index in [1.54, 1.807) is 0 Å². The summed E-state index contributed by atoms with van der Waals surface area (Å²) in [6.07, 6.45) is 5.71. The van der Waals surface area contributed by atoms with Gasteiger partial charge in [0.2, 0.25) is 0 Å². The molecule has 0 spiro atoms. The van der Waals surface area contributed by atoms with E-state index in [1.165, 1.54) is 66.5 Å². The Morgan fingerprint density at radius 2 is 1.85 bits per heavy atom. The minimum atomic E-state index is -3.13. The van der Waals surface area contributed by atoms with Gasteiger partial charge in [-0.3, -0.25) is 4.57 Å². The van der Waals surface area contributed by atoms with Crippen LogP contribution in [0.3, 0.4) is 0 Å². The first-order valence-corrected chi connectivity index (χ1v) is 8.21. The van der Waals surface area contributed by atoms with Crippen molar-refractivity contribution in [3.8, 4) is 0 Å². The zero-order valence-electron chi connectivity index (χ0n) is 8.42. The molecule has 0 rings (SSSR count). The predicted molar refractivity (Wildman–Crippen MR) is 51.6 cm³/mol. The van der Waals surface area contributed by atoms with Crippen LogP contribution in [0.2, 0.25) is 2.07 Å². The molecule has 0 aliphatic heterocycles. The standard InChI is InChI=1S/C8H17.Nd.H3O3P/c1-4-6-7-8(3)5-2;;1-4(2)3/h8H,3-7H2,1-2H3;;4H,(H2,1,2,3). The summed E-state index contributed by atoms with van der Waals surface area (Å²) < 4.78 is 10.3. The predicted octanol–water partition coefficient (Wildman–Crippen LogP) is 2.53. The first kappa shape index (κ1) is 16.9. The normalized spacial score (nSPS) is 12.0. The summed E-state index contributed by atoms with van der Waals surface area (Å²) in [7, 11) is -3.13. The molecule has 0 bridgehead atoms. The molecule has 79 valence electrons. The molecule has 3 nitrogen and oxygen atoms in total. The van der Waals surface area contributed by atoms with Crippen molar-refractivity contribution in [2.75, 3.05) is 0 Å². The summed E-state index contributed by atoms with van der Waals surface area (Å²) in [5.41, 5.74) is 0.